The summed E-state index contributed by atoms with van der Waals surface area (Å²) in [4.78, 5) is 11.9. The Balaban J connectivity index is 1.98. The van der Waals surface area contributed by atoms with Gasteiger partial charge in [-0.05, 0) is 17.7 Å². The van der Waals surface area contributed by atoms with E-state index in [9.17, 15) is 15.0 Å². The first-order valence-electron chi connectivity index (χ1n) is 6.06. The second kappa shape index (κ2) is 6.30. The summed E-state index contributed by atoms with van der Waals surface area (Å²) < 4.78 is 0. The minimum absolute atomic E-state index is 0.166. The van der Waals surface area contributed by atoms with Gasteiger partial charge >= 0.3 is 0 Å². The van der Waals surface area contributed by atoms with Crippen molar-refractivity contribution >= 4 is 17.5 Å². The molecule has 0 aliphatic rings. The number of benzene rings is 2. The second-order valence-electron chi connectivity index (χ2n) is 4.33. The Morgan fingerprint density at radius 3 is 2.30 bits per heavy atom. The number of phenols is 2. The van der Waals surface area contributed by atoms with Gasteiger partial charge in [0.1, 0.15) is 11.5 Å². The van der Waals surface area contributed by atoms with E-state index in [0.29, 0.717) is 0 Å². The van der Waals surface area contributed by atoms with Gasteiger partial charge in [0.25, 0.3) is 5.91 Å². The number of carbonyl (C=O) groups excluding carboxylic acids is 1. The molecule has 0 saturated heterocycles. The van der Waals surface area contributed by atoms with Gasteiger partial charge in [-0.15, -0.1) is 11.6 Å². The molecule has 2 aromatic carbocycles. The van der Waals surface area contributed by atoms with E-state index in [-0.39, 0.29) is 29.0 Å². The van der Waals surface area contributed by atoms with Crippen LogP contribution in [0.25, 0.3) is 0 Å². The lowest BCUT2D eigenvalue weighted by Gasteiger charge is -2.11. The van der Waals surface area contributed by atoms with E-state index in [2.05, 4.69) is 5.32 Å². The summed E-state index contributed by atoms with van der Waals surface area (Å²) in [7, 11) is 0. The van der Waals surface area contributed by atoms with Crippen molar-refractivity contribution in [3.63, 3.8) is 0 Å². The molecule has 0 aromatic heterocycles. The van der Waals surface area contributed by atoms with Crippen molar-refractivity contribution in [2.45, 2.75) is 5.38 Å². The van der Waals surface area contributed by atoms with Crippen LogP contribution in [0.4, 0.5) is 0 Å². The fraction of sp³-hybridized carbons (Fsp3) is 0.133. The molecule has 5 heteroatoms. The van der Waals surface area contributed by atoms with Crippen molar-refractivity contribution in [2.75, 3.05) is 6.54 Å². The molecule has 0 bridgehead atoms. The van der Waals surface area contributed by atoms with Gasteiger partial charge in [-0.3, -0.25) is 4.79 Å². The number of amides is 1. The summed E-state index contributed by atoms with van der Waals surface area (Å²) in [5.74, 6) is -0.737. The molecule has 1 amide bonds. The van der Waals surface area contributed by atoms with Crippen molar-refractivity contribution in [3.05, 3.63) is 59.7 Å². The second-order valence-corrected chi connectivity index (χ2v) is 4.85. The molecule has 0 saturated carbocycles. The maximum atomic E-state index is 11.9. The summed E-state index contributed by atoms with van der Waals surface area (Å²) in [5.41, 5.74) is 1.09. The molecule has 20 heavy (non-hydrogen) atoms. The Kier molecular flexibility index (Phi) is 4.48. The van der Waals surface area contributed by atoms with Gasteiger partial charge in [0.05, 0.1) is 5.38 Å². The van der Waals surface area contributed by atoms with Gasteiger partial charge in [-0.25, -0.2) is 0 Å². The zero-order valence-corrected chi connectivity index (χ0v) is 11.3. The molecule has 1 unspecified atom stereocenters. The van der Waals surface area contributed by atoms with E-state index >= 15 is 0 Å². The zero-order valence-electron chi connectivity index (χ0n) is 10.6. The minimum Gasteiger partial charge on any atom is -0.508 e. The van der Waals surface area contributed by atoms with Crippen LogP contribution in [-0.4, -0.2) is 22.7 Å². The van der Waals surface area contributed by atoms with Crippen LogP contribution in [-0.2, 0) is 0 Å². The largest absolute Gasteiger partial charge is 0.508 e. The number of hydrogen-bond donors (Lipinski definition) is 3. The van der Waals surface area contributed by atoms with E-state index in [4.69, 9.17) is 11.6 Å². The van der Waals surface area contributed by atoms with Crippen molar-refractivity contribution in [3.8, 4) is 11.5 Å². The average molecular weight is 292 g/mol. The van der Waals surface area contributed by atoms with Crippen molar-refractivity contribution in [1.29, 1.82) is 0 Å². The standard InChI is InChI=1S/C15H14ClNO3/c16-14(10-4-2-1-3-5-10)9-17-15(20)11-6-12(18)8-13(19)7-11/h1-8,14,18-19H,9H2,(H,17,20). The lowest BCUT2D eigenvalue weighted by atomic mass is 10.1. The van der Waals surface area contributed by atoms with Gasteiger partial charge in [-0.2, -0.15) is 0 Å². The van der Waals surface area contributed by atoms with E-state index < -0.39 is 5.91 Å². The quantitative estimate of drug-likeness (QED) is 0.759. The third-order valence-electron chi connectivity index (χ3n) is 2.77. The first-order chi connectivity index (χ1) is 9.56. The smallest absolute Gasteiger partial charge is 0.251 e. The van der Waals surface area contributed by atoms with Crippen molar-refractivity contribution in [1.82, 2.24) is 5.32 Å². The predicted octanol–water partition coefficient (Wildman–Crippen LogP) is 2.81. The number of nitrogens with one attached hydrogen (secondary N) is 1. The lowest BCUT2D eigenvalue weighted by molar-refractivity contribution is 0.0953. The van der Waals surface area contributed by atoms with Crippen LogP contribution in [0.5, 0.6) is 11.5 Å². The maximum Gasteiger partial charge on any atom is 0.251 e. The Labute approximate surface area is 121 Å². The first kappa shape index (κ1) is 14.2. The highest BCUT2D eigenvalue weighted by Crippen LogP contribution is 2.21. The summed E-state index contributed by atoms with van der Waals surface area (Å²) in [6, 6.07) is 13.1. The monoisotopic (exact) mass is 291 g/mol. The van der Waals surface area contributed by atoms with Crippen LogP contribution in [0.2, 0.25) is 0 Å². The number of phenolic OH excluding ortho intramolecular Hbond substituents is 2. The van der Waals surface area contributed by atoms with E-state index in [1.165, 1.54) is 12.1 Å². The molecule has 0 fully saturated rings. The lowest BCUT2D eigenvalue weighted by Crippen LogP contribution is -2.26. The van der Waals surface area contributed by atoms with Gasteiger partial charge in [0, 0.05) is 18.2 Å². The normalized spacial score (nSPS) is 11.8. The number of carbonyl (C=O) groups is 1. The van der Waals surface area contributed by atoms with Gasteiger partial charge < -0.3 is 15.5 Å². The van der Waals surface area contributed by atoms with Crippen LogP contribution in [0.1, 0.15) is 21.3 Å². The van der Waals surface area contributed by atoms with E-state index in [1.807, 2.05) is 30.3 Å². The fourth-order valence-corrected chi connectivity index (χ4v) is 2.01. The average Bonchev–Trinajstić information content (AvgIpc) is 2.44. The molecule has 0 spiro atoms. The molecule has 1 atom stereocenters. The summed E-state index contributed by atoms with van der Waals surface area (Å²) in [6.07, 6.45) is 0. The molecule has 4 nitrogen and oxygen atoms in total. The molecule has 3 N–H and O–H groups in total. The predicted molar refractivity (Wildman–Crippen MR) is 77.1 cm³/mol. The molecule has 0 aliphatic heterocycles. The molecule has 104 valence electrons. The summed E-state index contributed by atoms with van der Waals surface area (Å²) in [6.45, 7) is 0.251. The van der Waals surface area contributed by atoms with Crippen LogP contribution >= 0.6 is 11.6 Å². The highest BCUT2D eigenvalue weighted by atomic mass is 35.5. The highest BCUT2D eigenvalue weighted by Gasteiger charge is 2.12. The summed E-state index contributed by atoms with van der Waals surface area (Å²) >= 11 is 6.19. The number of hydrogen-bond acceptors (Lipinski definition) is 3. The zero-order chi connectivity index (χ0) is 14.5. The number of rotatable bonds is 4. The fourth-order valence-electron chi connectivity index (χ4n) is 1.79. The Hall–Kier alpha value is -2.20. The molecule has 0 radical (unpaired) electrons. The molecular weight excluding hydrogens is 278 g/mol. The van der Waals surface area contributed by atoms with Crippen LogP contribution < -0.4 is 5.32 Å². The molecule has 2 rings (SSSR count). The molecule has 0 heterocycles. The third-order valence-corrected chi connectivity index (χ3v) is 3.17. The topological polar surface area (TPSA) is 69.6 Å². The number of aromatic hydroxyl groups is 2. The minimum atomic E-state index is -0.405. The third kappa shape index (κ3) is 3.65. The van der Waals surface area contributed by atoms with E-state index in [0.717, 1.165) is 11.6 Å². The molecule has 2 aromatic rings. The molecule has 0 aliphatic carbocycles. The van der Waals surface area contributed by atoms with Crippen LogP contribution in [0.3, 0.4) is 0 Å². The highest BCUT2D eigenvalue weighted by molar-refractivity contribution is 6.21. The Bertz CT molecular complexity index is 581. The Morgan fingerprint density at radius 1 is 1.10 bits per heavy atom. The first-order valence-corrected chi connectivity index (χ1v) is 6.50. The van der Waals surface area contributed by atoms with Crippen molar-refractivity contribution in [2.24, 2.45) is 0 Å². The number of alkyl halides is 1. The molecular formula is C15H14ClNO3. The van der Waals surface area contributed by atoms with Crippen LogP contribution in [0.15, 0.2) is 48.5 Å². The van der Waals surface area contributed by atoms with E-state index in [1.54, 1.807) is 0 Å². The van der Waals surface area contributed by atoms with Crippen molar-refractivity contribution < 1.29 is 15.0 Å². The SMILES string of the molecule is O=C(NCC(Cl)c1ccccc1)c1cc(O)cc(O)c1. The Morgan fingerprint density at radius 2 is 1.70 bits per heavy atom. The maximum absolute atomic E-state index is 11.9. The van der Waals surface area contributed by atoms with Gasteiger partial charge in [0.15, 0.2) is 0 Å². The van der Waals surface area contributed by atoms with Crippen LogP contribution in [0, 0.1) is 0 Å². The van der Waals surface area contributed by atoms with Gasteiger partial charge in [0.2, 0.25) is 0 Å². The summed E-state index contributed by atoms with van der Waals surface area (Å²) in [5, 5.41) is 21.0. The number of halogens is 1. The van der Waals surface area contributed by atoms with Gasteiger partial charge in [-0.1, -0.05) is 30.3 Å².